The van der Waals surface area contributed by atoms with Crippen LogP contribution in [0.5, 0.6) is 0 Å². The van der Waals surface area contributed by atoms with Gasteiger partial charge in [0.2, 0.25) is 0 Å². The molecule has 3 aromatic carbocycles. The van der Waals surface area contributed by atoms with Crippen LogP contribution in [0.2, 0.25) is 0 Å². The van der Waals surface area contributed by atoms with Crippen molar-refractivity contribution in [3.63, 3.8) is 0 Å². The summed E-state index contributed by atoms with van der Waals surface area (Å²) >= 11 is 0. The van der Waals surface area contributed by atoms with E-state index in [9.17, 15) is 14.4 Å². The van der Waals surface area contributed by atoms with Crippen LogP contribution in [0.3, 0.4) is 0 Å². The van der Waals surface area contributed by atoms with E-state index in [4.69, 9.17) is 14.2 Å². The lowest BCUT2D eigenvalue weighted by Gasteiger charge is -2.53. The SMILES string of the molecule is CCOC(=O)[C@H]1C=C[C@H](c2ccccc2)[C@@]2(C(=O)OC)C(=O)C(C(=O)OC)=C(c3ccccc3)[C@@]12c1ccccc1. The fraction of sp³-hybridized carbons (Fsp3) is 0.235. The monoisotopic (exact) mass is 550 g/mol. The number of methoxy groups -OCH3 is 2. The molecule has 0 fully saturated rings. The summed E-state index contributed by atoms with van der Waals surface area (Å²) in [7, 11) is 2.39. The van der Waals surface area contributed by atoms with Crippen molar-refractivity contribution in [2.24, 2.45) is 11.3 Å². The van der Waals surface area contributed by atoms with Gasteiger partial charge in [-0.15, -0.1) is 0 Å². The van der Waals surface area contributed by atoms with Crippen molar-refractivity contribution in [3.05, 3.63) is 125 Å². The average Bonchev–Trinajstić information content (AvgIpc) is 3.28. The Hall–Kier alpha value is -4.78. The third kappa shape index (κ3) is 3.87. The zero-order valence-electron chi connectivity index (χ0n) is 23.0. The van der Waals surface area contributed by atoms with E-state index in [1.165, 1.54) is 14.2 Å². The van der Waals surface area contributed by atoms with Crippen molar-refractivity contribution in [2.75, 3.05) is 20.8 Å². The number of rotatable bonds is 7. The van der Waals surface area contributed by atoms with Gasteiger partial charge in [0.1, 0.15) is 5.57 Å². The molecule has 5 rings (SSSR count). The largest absolute Gasteiger partial charge is 0.468 e. The highest BCUT2D eigenvalue weighted by atomic mass is 16.5. The predicted octanol–water partition coefficient (Wildman–Crippen LogP) is 4.83. The molecule has 7 heteroatoms. The van der Waals surface area contributed by atoms with E-state index in [1.807, 2.05) is 30.3 Å². The molecular formula is C34H30O7. The number of allylic oxidation sites excluding steroid dienone is 2. The molecule has 208 valence electrons. The minimum atomic E-state index is -2.11. The van der Waals surface area contributed by atoms with Crippen LogP contribution < -0.4 is 0 Å². The maximum absolute atomic E-state index is 15.1. The molecule has 0 amide bonds. The number of carbonyl (C=O) groups is 4. The van der Waals surface area contributed by atoms with Crippen LogP contribution in [-0.2, 0) is 38.8 Å². The fourth-order valence-electron chi connectivity index (χ4n) is 6.76. The number of hydrogen-bond donors (Lipinski definition) is 0. The Bertz CT molecular complexity index is 1540. The van der Waals surface area contributed by atoms with Crippen LogP contribution in [0.4, 0.5) is 0 Å². The van der Waals surface area contributed by atoms with Gasteiger partial charge in [0.05, 0.1) is 32.2 Å². The lowest BCUT2D eigenvalue weighted by Crippen LogP contribution is -2.62. The highest BCUT2D eigenvalue weighted by molar-refractivity contribution is 6.35. The first kappa shape index (κ1) is 27.8. The molecule has 0 heterocycles. The number of Topliss-reactive ketones (excluding diaryl/α,β-unsaturated/α-hetero) is 1. The van der Waals surface area contributed by atoms with Crippen LogP contribution in [0.15, 0.2) is 109 Å². The summed E-state index contributed by atoms with van der Waals surface area (Å²) in [5, 5.41) is 0. The number of benzene rings is 3. The molecule has 0 aromatic heterocycles. The van der Waals surface area contributed by atoms with Gasteiger partial charge in [-0.25, -0.2) is 4.79 Å². The smallest absolute Gasteiger partial charge is 0.341 e. The van der Waals surface area contributed by atoms with Crippen molar-refractivity contribution < 1.29 is 33.4 Å². The van der Waals surface area contributed by atoms with Crippen molar-refractivity contribution in [1.29, 1.82) is 0 Å². The van der Waals surface area contributed by atoms with E-state index in [0.29, 0.717) is 16.7 Å². The van der Waals surface area contributed by atoms with Crippen molar-refractivity contribution in [1.82, 2.24) is 0 Å². The molecule has 0 aliphatic heterocycles. The quantitative estimate of drug-likeness (QED) is 0.137. The van der Waals surface area contributed by atoms with Gasteiger partial charge in [-0.1, -0.05) is 103 Å². The lowest BCUT2D eigenvalue weighted by atomic mass is 9.45. The third-order valence-electron chi connectivity index (χ3n) is 8.17. The third-order valence-corrected chi connectivity index (χ3v) is 8.17. The Labute approximate surface area is 238 Å². The van der Waals surface area contributed by atoms with Gasteiger partial charge in [0.25, 0.3) is 0 Å². The summed E-state index contributed by atoms with van der Waals surface area (Å²) in [6, 6.07) is 26.8. The van der Waals surface area contributed by atoms with Gasteiger partial charge in [0.15, 0.2) is 11.2 Å². The maximum atomic E-state index is 15.1. The average molecular weight is 551 g/mol. The topological polar surface area (TPSA) is 96.0 Å². The summed E-state index contributed by atoms with van der Waals surface area (Å²) in [6.07, 6.45) is 3.38. The number of hydrogen-bond acceptors (Lipinski definition) is 7. The molecule has 0 saturated carbocycles. The number of ether oxygens (including phenoxy) is 3. The molecule has 0 unspecified atom stereocenters. The van der Waals surface area contributed by atoms with Crippen LogP contribution >= 0.6 is 0 Å². The first-order valence-electron chi connectivity index (χ1n) is 13.4. The Morgan fingerprint density at radius 3 is 1.93 bits per heavy atom. The molecule has 2 aliphatic rings. The first-order chi connectivity index (χ1) is 19.9. The minimum Gasteiger partial charge on any atom is -0.468 e. The van der Waals surface area contributed by atoms with Crippen molar-refractivity contribution >= 4 is 29.3 Å². The fourth-order valence-corrected chi connectivity index (χ4v) is 6.76. The molecule has 41 heavy (non-hydrogen) atoms. The highest BCUT2D eigenvalue weighted by Crippen LogP contribution is 2.69. The molecule has 3 aromatic rings. The Morgan fingerprint density at radius 2 is 1.37 bits per heavy atom. The molecular weight excluding hydrogens is 520 g/mol. The van der Waals surface area contributed by atoms with Gasteiger partial charge in [-0.3, -0.25) is 14.4 Å². The molecule has 0 spiro atoms. The van der Waals surface area contributed by atoms with Crippen molar-refractivity contribution in [3.8, 4) is 0 Å². The van der Waals surface area contributed by atoms with Gasteiger partial charge in [-0.05, 0) is 29.2 Å². The van der Waals surface area contributed by atoms with Crippen LogP contribution in [0.1, 0.15) is 29.5 Å². The molecule has 0 radical (unpaired) electrons. The summed E-state index contributed by atoms with van der Waals surface area (Å²) in [5.74, 6) is -5.27. The standard InChI is InChI=1S/C34H30O7/c1-4-41-30(36)26-21-20-25(22-14-8-5-9-15-22)34(32(38)40-3)29(35)27(31(37)39-2)28(23-16-10-6-11-17-23)33(26,34)24-18-12-7-13-19-24/h5-21,25-26H,4H2,1-3H3/t25-,26-,33-,34+/m1/s1. The zero-order chi connectivity index (χ0) is 29.2. The van der Waals surface area contributed by atoms with E-state index in [1.54, 1.807) is 79.7 Å². The van der Waals surface area contributed by atoms with Crippen LogP contribution in [0, 0.1) is 11.3 Å². The minimum absolute atomic E-state index is 0.0730. The molecule has 0 bridgehead atoms. The second-order valence-corrected chi connectivity index (χ2v) is 9.91. The van der Waals surface area contributed by atoms with E-state index in [-0.39, 0.29) is 17.8 Å². The van der Waals surface area contributed by atoms with Gasteiger partial charge in [0, 0.05) is 5.92 Å². The van der Waals surface area contributed by atoms with Gasteiger partial charge >= 0.3 is 17.9 Å². The second-order valence-electron chi connectivity index (χ2n) is 9.91. The second kappa shape index (κ2) is 11.0. The number of carbonyl (C=O) groups excluding carboxylic acids is 4. The van der Waals surface area contributed by atoms with E-state index < -0.39 is 46.4 Å². The molecule has 0 N–H and O–H groups in total. The molecule has 0 saturated heterocycles. The number of esters is 3. The summed E-state index contributed by atoms with van der Waals surface area (Å²) < 4.78 is 16.2. The first-order valence-corrected chi connectivity index (χ1v) is 13.4. The summed E-state index contributed by atoms with van der Waals surface area (Å²) in [5.41, 5.74) is -2.31. The van der Waals surface area contributed by atoms with Crippen molar-refractivity contribution in [2.45, 2.75) is 18.3 Å². The number of ketones is 1. The van der Waals surface area contributed by atoms with E-state index in [0.717, 1.165) is 0 Å². The van der Waals surface area contributed by atoms with Gasteiger partial charge in [-0.2, -0.15) is 0 Å². The van der Waals surface area contributed by atoms with Crippen LogP contribution in [0.25, 0.3) is 5.57 Å². The Morgan fingerprint density at radius 1 is 0.780 bits per heavy atom. The molecule has 7 nitrogen and oxygen atoms in total. The Kier molecular flexibility index (Phi) is 7.45. The molecule has 4 atom stereocenters. The summed E-state index contributed by atoms with van der Waals surface area (Å²) in [6.45, 7) is 1.76. The number of fused-ring (bicyclic) bond motifs is 1. The zero-order valence-corrected chi connectivity index (χ0v) is 23.0. The molecule has 2 aliphatic carbocycles. The highest BCUT2D eigenvalue weighted by Gasteiger charge is 2.78. The normalized spacial score (nSPS) is 24.9. The van der Waals surface area contributed by atoms with Crippen LogP contribution in [-0.4, -0.2) is 44.5 Å². The Balaban J connectivity index is 2.06. The van der Waals surface area contributed by atoms with E-state index >= 15 is 4.79 Å². The maximum Gasteiger partial charge on any atom is 0.341 e. The lowest BCUT2D eigenvalue weighted by molar-refractivity contribution is -0.165. The van der Waals surface area contributed by atoms with E-state index in [2.05, 4.69) is 0 Å². The summed E-state index contributed by atoms with van der Waals surface area (Å²) in [4.78, 5) is 57.2. The predicted molar refractivity (Wildman–Crippen MR) is 151 cm³/mol. The van der Waals surface area contributed by atoms with Gasteiger partial charge < -0.3 is 14.2 Å².